The maximum absolute atomic E-state index is 10.7. The zero-order chi connectivity index (χ0) is 9.14. The van der Waals surface area contributed by atoms with Crippen LogP contribution in [0, 0.1) is 0 Å². The van der Waals surface area contributed by atoms with E-state index in [1.54, 1.807) is 25.1 Å². The molecule has 0 atom stereocenters. The number of nitrogens with two attached hydrogens (primary N) is 1. The Labute approximate surface area is 76.3 Å². The summed E-state index contributed by atoms with van der Waals surface area (Å²) >= 11 is 5.71. The van der Waals surface area contributed by atoms with Gasteiger partial charge in [0.25, 0.3) is 0 Å². The standard InChI is InChI=1S/C9H10ClNO/c1-6(12)4-7-2-3-8(10)9(11)5-7/h2-3,5H,4,11H2,1H3. The molecule has 1 aromatic carbocycles. The molecular weight excluding hydrogens is 174 g/mol. The second-order valence-corrected chi connectivity index (χ2v) is 3.14. The minimum Gasteiger partial charge on any atom is -0.398 e. The Morgan fingerprint density at radius 1 is 1.58 bits per heavy atom. The minimum atomic E-state index is 0.122. The summed E-state index contributed by atoms with van der Waals surface area (Å²) < 4.78 is 0. The van der Waals surface area contributed by atoms with Crippen molar-refractivity contribution in [2.45, 2.75) is 13.3 Å². The molecule has 0 saturated carbocycles. The second kappa shape index (κ2) is 3.59. The number of hydrogen-bond donors (Lipinski definition) is 1. The molecule has 0 aliphatic rings. The summed E-state index contributed by atoms with van der Waals surface area (Å²) in [5.74, 6) is 0.122. The fraction of sp³-hybridized carbons (Fsp3) is 0.222. The van der Waals surface area contributed by atoms with E-state index in [9.17, 15) is 4.79 Å². The topological polar surface area (TPSA) is 43.1 Å². The number of carbonyl (C=O) groups excluding carboxylic acids is 1. The Morgan fingerprint density at radius 2 is 2.25 bits per heavy atom. The van der Waals surface area contributed by atoms with Crippen LogP contribution in [-0.2, 0) is 11.2 Å². The van der Waals surface area contributed by atoms with Gasteiger partial charge < -0.3 is 5.73 Å². The average Bonchev–Trinajstić information content (AvgIpc) is 1.96. The van der Waals surface area contributed by atoms with Crippen LogP contribution in [0.15, 0.2) is 18.2 Å². The van der Waals surface area contributed by atoms with Gasteiger partial charge in [0, 0.05) is 6.42 Å². The van der Waals surface area contributed by atoms with Crippen LogP contribution in [0.3, 0.4) is 0 Å². The van der Waals surface area contributed by atoms with Crippen molar-refractivity contribution < 1.29 is 4.79 Å². The average molecular weight is 184 g/mol. The zero-order valence-electron chi connectivity index (χ0n) is 6.80. The predicted molar refractivity (Wildman–Crippen MR) is 50.2 cm³/mol. The number of ketones is 1. The van der Waals surface area contributed by atoms with E-state index in [0.29, 0.717) is 17.1 Å². The number of benzene rings is 1. The van der Waals surface area contributed by atoms with Gasteiger partial charge in [-0.15, -0.1) is 0 Å². The van der Waals surface area contributed by atoms with Crippen LogP contribution in [0.2, 0.25) is 5.02 Å². The number of halogens is 1. The van der Waals surface area contributed by atoms with Crippen LogP contribution in [0.5, 0.6) is 0 Å². The first-order valence-corrected chi connectivity index (χ1v) is 4.00. The Hall–Kier alpha value is -1.02. The molecule has 12 heavy (non-hydrogen) atoms. The smallest absolute Gasteiger partial charge is 0.134 e. The lowest BCUT2D eigenvalue weighted by molar-refractivity contribution is -0.116. The van der Waals surface area contributed by atoms with E-state index >= 15 is 0 Å². The van der Waals surface area contributed by atoms with Crippen LogP contribution >= 0.6 is 11.6 Å². The Balaban J connectivity index is 2.89. The molecule has 0 saturated heterocycles. The molecule has 0 bridgehead atoms. The molecule has 1 rings (SSSR count). The number of Topliss-reactive ketones (excluding diaryl/α,β-unsaturated/α-hetero) is 1. The number of anilines is 1. The van der Waals surface area contributed by atoms with Gasteiger partial charge in [-0.1, -0.05) is 17.7 Å². The third-order valence-corrected chi connectivity index (χ3v) is 1.86. The summed E-state index contributed by atoms with van der Waals surface area (Å²) in [6, 6.07) is 5.24. The van der Waals surface area contributed by atoms with E-state index in [2.05, 4.69) is 0 Å². The third kappa shape index (κ3) is 2.24. The van der Waals surface area contributed by atoms with Crippen molar-refractivity contribution in [3.05, 3.63) is 28.8 Å². The molecule has 0 aliphatic heterocycles. The maximum Gasteiger partial charge on any atom is 0.134 e. The lowest BCUT2D eigenvalue weighted by atomic mass is 10.1. The van der Waals surface area contributed by atoms with Crippen LogP contribution in [0.4, 0.5) is 5.69 Å². The Kier molecular flexibility index (Phi) is 2.71. The molecule has 1 aromatic rings. The van der Waals surface area contributed by atoms with Crippen molar-refractivity contribution in [1.82, 2.24) is 0 Å². The molecule has 3 heteroatoms. The summed E-state index contributed by atoms with van der Waals surface area (Å²) in [4.78, 5) is 10.7. The van der Waals surface area contributed by atoms with E-state index in [4.69, 9.17) is 17.3 Å². The van der Waals surface area contributed by atoms with E-state index in [0.717, 1.165) is 5.56 Å². The highest BCUT2D eigenvalue weighted by Gasteiger charge is 2.00. The molecule has 0 amide bonds. The predicted octanol–water partition coefficient (Wildman–Crippen LogP) is 2.05. The Morgan fingerprint density at radius 3 is 2.75 bits per heavy atom. The third-order valence-electron chi connectivity index (χ3n) is 1.51. The van der Waals surface area contributed by atoms with Gasteiger partial charge in [0.2, 0.25) is 0 Å². The normalized spacial score (nSPS) is 9.83. The number of carbonyl (C=O) groups is 1. The van der Waals surface area contributed by atoms with Gasteiger partial charge in [-0.3, -0.25) is 4.79 Å². The molecule has 0 unspecified atom stereocenters. The van der Waals surface area contributed by atoms with Crippen LogP contribution in [0.1, 0.15) is 12.5 Å². The largest absolute Gasteiger partial charge is 0.398 e. The van der Waals surface area contributed by atoms with Gasteiger partial charge in [-0.05, 0) is 24.6 Å². The molecule has 2 N–H and O–H groups in total. The van der Waals surface area contributed by atoms with Crippen molar-refractivity contribution >= 4 is 23.1 Å². The fourth-order valence-electron chi connectivity index (χ4n) is 0.991. The molecule has 0 radical (unpaired) electrons. The Bertz CT molecular complexity index is 309. The van der Waals surface area contributed by atoms with Gasteiger partial charge in [-0.25, -0.2) is 0 Å². The van der Waals surface area contributed by atoms with Crippen molar-refractivity contribution in [1.29, 1.82) is 0 Å². The van der Waals surface area contributed by atoms with Crippen molar-refractivity contribution in [3.8, 4) is 0 Å². The molecular formula is C9H10ClNO. The summed E-state index contributed by atoms with van der Waals surface area (Å²) in [7, 11) is 0. The molecule has 0 heterocycles. The first-order chi connectivity index (χ1) is 5.59. The highest BCUT2D eigenvalue weighted by atomic mass is 35.5. The summed E-state index contributed by atoms with van der Waals surface area (Å²) in [6.45, 7) is 1.55. The van der Waals surface area contributed by atoms with Crippen LogP contribution in [0.25, 0.3) is 0 Å². The SMILES string of the molecule is CC(=O)Cc1ccc(Cl)c(N)c1. The van der Waals surface area contributed by atoms with Crippen molar-refractivity contribution in [2.75, 3.05) is 5.73 Å². The lowest BCUT2D eigenvalue weighted by Crippen LogP contribution is -1.97. The van der Waals surface area contributed by atoms with E-state index in [1.165, 1.54) is 0 Å². The molecule has 2 nitrogen and oxygen atoms in total. The number of hydrogen-bond acceptors (Lipinski definition) is 2. The van der Waals surface area contributed by atoms with E-state index < -0.39 is 0 Å². The second-order valence-electron chi connectivity index (χ2n) is 2.73. The van der Waals surface area contributed by atoms with Gasteiger partial charge in [-0.2, -0.15) is 0 Å². The monoisotopic (exact) mass is 183 g/mol. The summed E-state index contributed by atoms with van der Waals surface area (Å²) in [5.41, 5.74) is 6.98. The lowest BCUT2D eigenvalue weighted by Gasteiger charge is -2.00. The maximum atomic E-state index is 10.7. The highest BCUT2D eigenvalue weighted by Crippen LogP contribution is 2.19. The molecule has 0 aliphatic carbocycles. The van der Waals surface area contributed by atoms with Gasteiger partial charge >= 0.3 is 0 Å². The quantitative estimate of drug-likeness (QED) is 0.714. The van der Waals surface area contributed by atoms with Crippen LogP contribution in [-0.4, -0.2) is 5.78 Å². The van der Waals surface area contributed by atoms with Gasteiger partial charge in [0.05, 0.1) is 10.7 Å². The number of rotatable bonds is 2. The molecule has 0 fully saturated rings. The van der Waals surface area contributed by atoms with Crippen LogP contribution < -0.4 is 5.73 Å². The van der Waals surface area contributed by atoms with Crippen molar-refractivity contribution in [2.24, 2.45) is 0 Å². The van der Waals surface area contributed by atoms with E-state index in [1.807, 2.05) is 0 Å². The fourth-order valence-corrected chi connectivity index (χ4v) is 1.11. The molecule has 64 valence electrons. The summed E-state index contributed by atoms with van der Waals surface area (Å²) in [5, 5.41) is 0.530. The first kappa shape index (κ1) is 9.07. The van der Waals surface area contributed by atoms with Crippen molar-refractivity contribution in [3.63, 3.8) is 0 Å². The zero-order valence-corrected chi connectivity index (χ0v) is 7.56. The van der Waals surface area contributed by atoms with Gasteiger partial charge in [0.15, 0.2) is 0 Å². The summed E-state index contributed by atoms with van der Waals surface area (Å²) in [6.07, 6.45) is 0.418. The number of nitrogen functional groups attached to an aromatic ring is 1. The van der Waals surface area contributed by atoms with E-state index in [-0.39, 0.29) is 5.78 Å². The molecule has 0 spiro atoms. The molecule has 0 aromatic heterocycles. The highest BCUT2D eigenvalue weighted by molar-refractivity contribution is 6.33. The van der Waals surface area contributed by atoms with Gasteiger partial charge in [0.1, 0.15) is 5.78 Å². The minimum absolute atomic E-state index is 0.122. The first-order valence-electron chi connectivity index (χ1n) is 3.63.